The van der Waals surface area contributed by atoms with Crippen molar-refractivity contribution in [3.63, 3.8) is 0 Å². The van der Waals surface area contributed by atoms with Gasteiger partial charge in [-0.3, -0.25) is 14.7 Å². The van der Waals surface area contributed by atoms with Gasteiger partial charge < -0.3 is 15.1 Å². The zero-order valence-corrected chi connectivity index (χ0v) is 17.8. The van der Waals surface area contributed by atoms with E-state index in [-0.39, 0.29) is 11.9 Å². The monoisotopic (exact) mass is 405 g/mol. The first-order chi connectivity index (χ1) is 13.6. The number of benzene rings is 1. The van der Waals surface area contributed by atoms with Crippen LogP contribution in [0.5, 0.6) is 0 Å². The Morgan fingerprint density at radius 3 is 2.43 bits per heavy atom. The van der Waals surface area contributed by atoms with Gasteiger partial charge in [0.1, 0.15) is 0 Å². The van der Waals surface area contributed by atoms with Crippen molar-refractivity contribution in [3.8, 4) is 0 Å². The third-order valence-corrected chi connectivity index (χ3v) is 6.15. The maximum absolute atomic E-state index is 12.6. The number of amides is 1. The van der Waals surface area contributed by atoms with Crippen LogP contribution in [0.4, 0.5) is 0 Å². The van der Waals surface area contributed by atoms with E-state index >= 15 is 0 Å². The van der Waals surface area contributed by atoms with Crippen LogP contribution in [0.15, 0.2) is 29.3 Å². The summed E-state index contributed by atoms with van der Waals surface area (Å²) in [5, 5.41) is 4.26. The number of carbonyl (C=O) groups is 1. The Morgan fingerprint density at radius 2 is 1.79 bits per heavy atom. The van der Waals surface area contributed by atoms with Gasteiger partial charge in [-0.2, -0.15) is 0 Å². The van der Waals surface area contributed by atoms with Gasteiger partial charge in [-0.15, -0.1) is 0 Å². The van der Waals surface area contributed by atoms with Crippen molar-refractivity contribution in [2.24, 2.45) is 4.99 Å². The number of nitrogens with one attached hydrogen (secondary N) is 1. The molecule has 0 radical (unpaired) electrons. The van der Waals surface area contributed by atoms with E-state index in [9.17, 15) is 4.79 Å². The zero-order valence-electron chi connectivity index (χ0n) is 17.0. The van der Waals surface area contributed by atoms with Gasteiger partial charge in [-0.1, -0.05) is 29.8 Å². The number of guanidine groups is 1. The minimum absolute atomic E-state index is 0.0320. The molecule has 7 heteroatoms. The highest BCUT2D eigenvalue weighted by Crippen LogP contribution is 2.16. The molecule has 2 fully saturated rings. The molecule has 1 amide bonds. The quantitative estimate of drug-likeness (QED) is 0.602. The lowest BCUT2D eigenvalue weighted by atomic mass is 10.1. The number of hydrogen-bond donors (Lipinski definition) is 1. The van der Waals surface area contributed by atoms with Crippen LogP contribution in [0.1, 0.15) is 25.3 Å². The third-order valence-electron chi connectivity index (χ3n) is 5.78. The van der Waals surface area contributed by atoms with Crippen LogP contribution in [0.3, 0.4) is 0 Å². The van der Waals surface area contributed by atoms with Crippen molar-refractivity contribution in [1.29, 1.82) is 0 Å². The van der Waals surface area contributed by atoms with Gasteiger partial charge in [0.25, 0.3) is 0 Å². The number of rotatable bonds is 5. The Hall–Kier alpha value is -1.79. The minimum Gasteiger partial charge on any atom is -0.356 e. The Bertz CT molecular complexity index is 681. The second kappa shape index (κ2) is 10.1. The van der Waals surface area contributed by atoms with E-state index in [0.717, 1.165) is 81.6 Å². The highest BCUT2D eigenvalue weighted by Gasteiger charge is 2.30. The number of aliphatic imine (C=N–C) groups is 1. The Morgan fingerprint density at radius 1 is 1.11 bits per heavy atom. The normalized spacial score (nSPS) is 19.8. The molecule has 0 aromatic heterocycles. The molecule has 2 heterocycles. The molecule has 3 rings (SSSR count). The molecule has 0 bridgehead atoms. The van der Waals surface area contributed by atoms with Gasteiger partial charge in [0, 0.05) is 57.9 Å². The molecule has 1 atom stereocenters. The second-order valence-corrected chi connectivity index (χ2v) is 7.95. The molecule has 1 unspecified atom stereocenters. The smallest absolute Gasteiger partial charge is 0.239 e. The average Bonchev–Trinajstić information content (AvgIpc) is 3.26. The molecule has 1 aromatic rings. The van der Waals surface area contributed by atoms with Gasteiger partial charge in [0.05, 0.1) is 6.04 Å². The molecule has 2 aliphatic heterocycles. The number of carbonyl (C=O) groups excluding carboxylic acids is 1. The summed E-state index contributed by atoms with van der Waals surface area (Å²) in [6.07, 6.45) is 3.14. The molecule has 0 saturated carbocycles. The summed E-state index contributed by atoms with van der Waals surface area (Å²) < 4.78 is 0. The predicted octanol–water partition coefficient (Wildman–Crippen LogP) is 2.09. The fourth-order valence-electron chi connectivity index (χ4n) is 4.02. The van der Waals surface area contributed by atoms with Crippen LogP contribution >= 0.6 is 11.6 Å². The van der Waals surface area contributed by atoms with Crippen molar-refractivity contribution in [3.05, 3.63) is 34.9 Å². The van der Waals surface area contributed by atoms with Crippen LogP contribution in [0, 0.1) is 0 Å². The van der Waals surface area contributed by atoms with Crippen LogP contribution in [-0.4, -0.2) is 85.5 Å². The van der Waals surface area contributed by atoms with Crippen LogP contribution in [-0.2, 0) is 11.2 Å². The van der Waals surface area contributed by atoms with E-state index in [0.29, 0.717) is 0 Å². The Balaban J connectivity index is 1.44. The molecule has 1 N–H and O–H groups in total. The lowest BCUT2D eigenvalue weighted by Crippen LogP contribution is -2.57. The summed E-state index contributed by atoms with van der Waals surface area (Å²) in [5.74, 6) is 1.21. The molecule has 0 aliphatic carbocycles. The summed E-state index contributed by atoms with van der Waals surface area (Å²) >= 11 is 6.24. The van der Waals surface area contributed by atoms with E-state index in [1.807, 2.05) is 37.1 Å². The standard InChI is InChI=1S/C21H32ClN5O/c1-17(20(28)26-11-5-6-12-26)25-13-15-27(16-14-25)21(23-2)24-10-9-18-7-3-4-8-19(18)22/h3-4,7-8,17H,5-6,9-16H2,1-2H3,(H,23,24). The van der Waals surface area contributed by atoms with Crippen molar-refractivity contribution in [2.45, 2.75) is 32.2 Å². The predicted molar refractivity (Wildman–Crippen MR) is 115 cm³/mol. The molecule has 1 aromatic carbocycles. The van der Waals surface area contributed by atoms with E-state index in [2.05, 4.69) is 26.2 Å². The molecule has 2 saturated heterocycles. The van der Waals surface area contributed by atoms with Crippen LogP contribution in [0.25, 0.3) is 0 Å². The van der Waals surface area contributed by atoms with Gasteiger partial charge in [-0.05, 0) is 37.8 Å². The first-order valence-corrected chi connectivity index (χ1v) is 10.7. The summed E-state index contributed by atoms with van der Waals surface area (Å²) in [6, 6.07) is 7.92. The molecule has 28 heavy (non-hydrogen) atoms. The highest BCUT2D eigenvalue weighted by atomic mass is 35.5. The molecule has 0 spiro atoms. The maximum Gasteiger partial charge on any atom is 0.239 e. The first kappa shape index (κ1) is 20.9. The zero-order chi connectivity index (χ0) is 19.9. The fraction of sp³-hybridized carbons (Fsp3) is 0.619. The van der Waals surface area contributed by atoms with E-state index < -0.39 is 0 Å². The highest BCUT2D eigenvalue weighted by molar-refractivity contribution is 6.31. The van der Waals surface area contributed by atoms with Gasteiger partial charge >= 0.3 is 0 Å². The average molecular weight is 406 g/mol. The summed E-state index contributed by atoms with van der Waals surface area (Å²) in [7, 11) is 1.82. The van der Waals surface area contributed by atoms with Gasteiger partial charge in [0.15, 0.2) is 5.96 Å². The first-order valence-electron chi connectivity index (χ1n) is 10.3. The van der Waals surface area contributed by atoms with Crippen molar-refractivity contribution in [2.75, 3.05) is 52.9 Å². The maximum atomic E-state index is 12.6. The molecular weight excluding hydrogens is 374 g/mol. The number of nitrogens with zero attached hydrogens (tertiary/aromatic N) is 4. The number of likely N-dealkylation sites (tertiary alicyclic amines) is 1. The fourth-order valence-corrected chi connectivity index (χ4v) is 4.25. The third kappa shape index (κ3) is 5.17. The molecule has 2 aliphatic rings. The number of hydrogen-bond acceptors (Lipinski definition) is 3. The SMILES string of the molecule is CN=C(NCCc1ccccc1Cl)N1CCN(C(C)C(=O)N2CCCC2)CC1. The van der Waals surface area contributed by atoms with Crippen LogP contribution in [0.2, 0.25) is 5.02 Å². The van der Waals surface area contributed by atoms with Gasteiger partial charge in [-0.25, -0.2) is 0 Å². The largest absolute Gasteiger partial charge is 0.356 e. The van der Waals surface area contributed by atoms with Crippen molar-refractivity contribution < 1.29 is 4.79 Å². The van der Waals surface area contributed by atoms with E-state index in [1.54, 1.807) is 0 Å². The molecular formula is C21H32ClN5O. The van der Waals surface area contributed by atoms with E-state index in [4.69, 9.17) is 11.6 Å². The topological polar surface area (TPSA) is 51.2 Å². The Kier molecular flexibility index (Phi) is 7.57. The lowest BCUT2D eigenvalue weighted by Gasteiger charge is -2.39. The summed E-state index contributed by atoms with van der Waals surface area (Å²) in [5.41, 5.74) is 1.14. The number of halogens is 1. The molecule has 154 valence electrons. The second-order valence-electron chi connectivity index (χ2n) is 7.55. The lowest BCUT2D eigenvalue weighted by molar-refractivity contribution is -0.135. The van der Waals surface area contributed by atoms with Gasteiger partial charge in [0.2, 0.25) is 5.91 Å². The van der Waals surface area contributed by atoms with E-state index in [1.165, 1.54) is 0 Å². The van der Waals surface area contributed by atoms with Crippen molar-refractivity contribution >= 4 is 23.5 Å². The minimum atomic E-state index is -0.0320. The summed E-state index contributed by atoms with van der Waals surface area (Å²) in [6.45, 7) is 8.20. The number of piperazine rings is 1. The molecule has 6 nitrogen and oxygen atoms in total. The Labute approximate surface area is 173 Å². The summed E-state index contributed by atoms with van der Waals surface area (Å²) in [4.78, 5) is 23.7. The van der Waals surface area contributed by atoms with Crippen LogP contribution < -0.4 is 5.32 Å². The van der Waals surface area contributed by atoms with Crippen molar-refractivity contribution in [1.82, 2.24) is 20.0 Å².